The van der Waals surface area contributed by atoms with Crippen molar-refractivity contribution in [2.75, 3.05) is 7.11 Å². The first-order chi connectivity index (χ1) is 8.65. The molecule has 18 heavy (non-hydrogen) atoms. The van der Waals surface area contributed by atoms with Crippen LogP contribution in [0.5, 0.6) is 0 Å². The predicted molar refractivity (Wildman–Crippen MR) is 70.5 cm³/mol. The number of allylic oxidation sites excluding steroid dienone is 1. The zero-order valence-corrected chi connectivity index (χ0v) is 12.5. The van der Waals surface area contributed by atoms with E-state index in [2.05, 4.69) is 22.4 Å². The molecule has 2 heterocycles. The van der Waals surface area contributed by atoms with Crippen molar-refractivity contribution in [1.29, 1.82) is 0 Å². The SMILES string of the molecule is COC(=O)C1=C(c2ccccc2)N2C=CC1(C)[Te]2. The molecule has 92 valence electrons. The van der Waals surface area contributed by atoms with E-state index in [1.54, 1.807) is 0 Å². The van der Waals surface area contributed by atoms with Crippen molar-refractivity contribution in [2.45, 2.75) is 10.4 Å². The van der Waals surface area contributed by atoms with Gasteiger partial charge in [-0.05, 0) is 0 Å². The topological polar surface area (TPSA) is 29.5 Å². The second-order valence-electron chi connectivity index (χ2n) is 4.42. The van der Waals surface area contributed by atoms with Crippen LogP contribution in [0.4, 0.5) is 0 Å². The van der Waals surface area contributed by atoms with Gasteiger partial charge in [0.15, 0.2) is 0 Å². The molecule has 2 aliphatic heterocycles. The fraction of sp³-hybridized carbons (Fsp3) is 0.214. The Morgan fingerprint density at radius 1 is 1.33 bits per heavy atom. The fourth-order valence-corrected chi connectivity index (χ4v) is 5.80. The first-order valence-electron chi connectivity index (χ1n) is 5.72. The number of benzene rings is 1. The summed E-state index contributed by atoms with van der Waals surface area (Å²) in [4.78, 5) is 12.1. The molecule has 1 aromatic carbocycles. The van der Waals surface area contributed by atoms with E-state index < -0.39 is 21.2 Å². The van der Waals surface area contributed by atoms with E-state index in [1.165, 1.54) is 7.11 Å². The molecule has 0 N–H and O–H groups in total. The van der Waals surface area contributed by atoms with Crippen molar-refractivity contribution < 1.29 is 9.53 Å². The van der Waals surface area contributed by atoms with Gasteiger partial charge in [-0.3, -0.25) is 0 Å². The summed E-state index contributed by atoms with van der Waals surface area (Å²) < 4.78 is 7.13. The van der Waals surface area contributed by atoms with Gasteiger partial charge >= 0.3 is 117 Å². The van der Waals surface area contributed by atoms with Gasteiger partial charge in [0.05, 0.1) is 0 Å². The van der Waals surface area contributed by atoms with Gasteiger partial charge in [0, 0.05) is 0 Å². The number of hydrogen-bond acceptors (Lipinski definition) is 3. The van der Waals surface area contributed by atoms with Crippen molar-refractivity contribution in [2.24, 2.45) is 0 Å². The summed E-state index contributed by atoms with van der Waals surface area (Å²) >= 11 is -0.450. The molecule has 2 bridgehead atoms. The zero-order valence-electron chi connectivity index (χ0n) is 10.2. The van der Waals surface area contributed by atoms with Gasteiger partial charge in [-0.1, -0.05) is 0 Å². The summed E-state index contributed by atoms with van der Waals surface area (Å²) in [6, 6.07) is 10.1. The van der Waals surface area contributed by atoms with Crippen molar-refractivity contribution in [3.05, 3.63) is 53.7 Å². The minimum atomic E-state index is -0.450. The second kappa shape index (κ2) is 4.15. The fourth-order valence-electron chi connectivity index (χ4n) is 2.34. The first-order valence-corrected chi connectivity index (χ1v) is 7.93. The van der Waals surface area contributed by atoms with E-state index in [4.69, 9.17) is 4.74 Å². The maximum atomic E-state index is 12.1. The van der Waals surface area contributed by atoms with Gasteiger partial charge in [0.2, 0.25) is 0 Å². The molecule has 3 nitrogen and oxygen atoms in total. The van der Waals surface area contributed by atoms with Crippen LogP contribution < -0.4 is 0 Å². The molecule has 0 aromatic heterocycles. The molecule has 4 heteroatoms. The second-order valence-corrected chi connectivity index (χ2v) is 8.49. The Bertz CT molecular complexity index is 564. The number of ether oxygens (including phenoxy) is 1. The maximum absolute atomic E-state index is 12.1. The van der Waals surface area contributed by atoms with Gasteiger partial charge in [-0.2, -0.15) is 0 Å². The predicted octanol–water partition coefficient (Wildman–Crippen LogP) is 2.21. The third-order valence-corrected chi connectivity index (χ3v) is 6.69. The number of methoxy groups -OCH3 is 1. The summed E-state index contributed by atoms with van der Waals surface area (Å²) in [6.45, 7) is 2.13. The van der Waals surface area contributed by atoms with E-state index in [-0.39, 0.29) is 9.43 Å². The Hall–Kier alpha value is -1.24. The molecule has 0 spiro atoms. The summed E-state index contributed by atoms with van der Waals surface area (Å²) in [7, 11) is 1.45. The molecule has 0 saturated carbocycles. The van der Waals surface area contributed by atoms with Crippen LogP contribution in [0.15, 0.2) is 48.2 Å². The van der Waals surface area contributed by atoms with Crippen LogP contribution in [-0.4, -0.2) is 37.4 Å². The van der Waals surface area contributed by atoms with Gasteiger partial charge < -0.3 is 0 Å². The summed E-state index contributed by atoms with van der Waals surface area (Å²) in [5.74, 6) is -0.201. The van der Waals surface area contributed by atoms with Crippen LogP contribution >= 0.6 is 0 Å². The quantitative estimate of drug-likeness (QED) is 0.602. The van der Waals surface area contributed by atoms with Crippen molar-refractivity contribution >= 4 is 32.9 Å². The van der Waals surface area contributed by atoms with Crippen molar-refractivity contribution in [3.8, 4) is 0 Å². The van der Waals surface area contributed by atoms with E-state index in [9.17, 15) is 4.79 Å². The molecule has 0 fully saturated rings. The Morgan fingerprint density at radius 2 is 2.06 bits per heavy atom. The van der Waals surface area contributed by atoms with Crippen molar-refractivity contribution in [3.63, 3.8) is 0 Å². The third-order valence-electron chi connectivity index (χ3n) is 3.21. The van der Waals surface area contributed by atoms with Crippen LogP contribution in [-0.2, 0) is 9.53 Å². The zero-order chi connectivity index (χ0) is 12.8. The number of nitrogens with zero attached hydrogens (tertiary/aromatic N) is 1. The van der Waals surface area contributed by atoms with Crippen LogP contribution in [0.2, 0.25) is 3.46 Å². The third kappa shape index (κ3) is 1.60. The number of fused-ring (bicyclic) bond motifs is 2. The van der Waals surface area contributed by atoms with E-state index in [0.717, 1.165) is 16.8 Å². The van der Waals surface area contributed by atoms with E-state index in [0.29, 0.717) is 0 Å². The molecule has 0 saturated heterocycles. The van der Waals surface area contributed by atoms with E-state index >= 15 is 0 Å². The number of hydrogen-bond donors (Lipinski definition) is 0. The van der Waals surface area contributed by atoms with Gasteiger partial charge in [0.1, 0.15) is 0 Å². The normalized spacial score (nSPS) is 24.9. The van der Waals surface area contributed by atoms with Gasteiger partial charge in [-0.25, -0.2) is 0 Å². The monoisotopic (exact) mass is 357 g/mol. The van der Waals surface area contributed by atoms with Crippen LogP contribution in [0.1, 0.15) is 12.5 Å². The molecular weight excluding hydrogens is 342 g/mol. The molecule has 3 rings (SSSR count). The Kier molecular flexibility index (Phi) is 2.73. The van der Waals surface area contributed by atoms with Crippen molar-refractivity contribution in [1.82, 2.24) is 3.15 Å². The summed E-state index contributed by atoms with van der Waals surface area (Å²) in [5, 5.41) is 0. The molecule has 0 amide bonds. The Morgan fingerprint density at radius 3 is 2.72 bits per heavy atom. The van der Waals surface area contributed by atoms with Gasteiger partial charge in [0.25, 0.3) is 0 Å². The van der Waals surface area contributed by atoms with Crippen LogP contribution in [0.3, 0.4) is 0 Å². The summed E-state index contributed by atoms with van der Waals surface area (Å²) in [5.41, 5.74) is 2.95. The minimum absolute atomic E-state index is 0.0939. The molecule has 0 radical (unpaired) electrons. The van der Waals surface area contributed by atoms with E-state index in [1.807, 2.05) is 30.3 Å². The molecule has 1 unspecified atom stereocenters. The summed E-state index contributed by atoms with van der Waals surface area (Å²) in [6.07, 6.45) is 4.24. The molecule has 1 atom stereocenters. The number of rotatable bonds is 2. The standard InChI is InChI=1S/C14H13NO2Te/c1-14-8-9-15(18-14)12(11(14)13(16)17-2)10-6-4-3-5-7-10/h3-9H,1-2H3. The number of esters is 1. The molecule has 1 aromatic rings. The Labute approximate surface area is 117 Å². The molecular formula is C14H13NO2Te. The van der Waals surface area contributed by atoms with Crippen LogP contribution in [0, 0.1) is 0 Å². The number of carbonyl (C=O) groups is 1. The average molecular weight is 355 g/mol. The first kappa shape index (κ1) is 11.8. The van der Waals surface area contributed by atoms with Gasteiger partial charge in [-0.15, -0.1) is 0 Å². The Balaban J connectivity index is 2.18. The molecule has 0 aliphatic carbocycles. The molecule has 2 aliphatic rings. The van der Waals surface area contributed by atoms with Crippen LogP contribution in [0.25, 0.3) is 5.70 Å². The average Bonchev–Trinajstić information content (AvgIpc) is 2.92. The number of carbonyl (C=O) groups excluding carboxylic acids is 1.